The minimum Gasteiger partial charge on any atom is -0.350 e. The Balaban J connectivity index is 2.71. The topological polar surface area (TPSA) is 155 Å². The maximum Gasteiger partial charge on any atom is 0.326 e. The second kappa shape index (κ2) is 4.93. The highest BCUT2D eigenvalue weighted by atomic mass is 32.2. The highest BCUT2D eigenvalue weighted by Gasteiger charge is 2.09. The van der Waals surface area contributed by atoms with Gasteiger partial charge in [0.15, 0.2) is 0 Å². The average molecular weight is 262 g/mol. The van der Waals surface area contributed by atoms with Crippen molar-refractivity contribution in [2.24, 2.45) is 5.14 Å². The van der Waals surface area contributed by atoms with Crippen LogP contribution in [0, 0.1) is 0 Å². The number of carbonyl (C=O) groups is 1. The predicted molar refractivity (Wildman–Crippen MR) is 58.0 cm³/mol. The number of primary sulfonamides is 1. The van der Waals surface area contributed by atoms with Crippen LogP contribution in [0.2, 0.25) is 0 Å². The van der Waals surface area contributed by atoms with E-state index in [4.69, 9.17) is 5.14 Å². The van der Waals surface area contributed by atoms with Gasteiger partial charge in [0.25, 0.3) is 11.5 Å². The molecule has 0 saturated heterocycles. The van der Waals surface area contributed by atoms with Crippen molar-refractivity contribution in [3.63, 3.8) is 0 Å². The minimum atomic E-state index is -3.67. The van der Waals surface area contributed by atoms with Crippen LogP contribution in [-0.2, 0) is 10.0 Å². The second-order valence-electron chi connectivity index (χ2n) is 3.12. The molecule has 0 unspecified atom stereocenters. The lowest BCUT2D eigenvalue weighted by molar-refractivity contribution is 0.0950. The van der Waals surface area contributed by atoms with E-state index in [1.165, 1.54) is 0 Å². The number of aromatic nitrogens is 2. The number of aromatic amines is 2. The van der Waals surface area contributed by atoms with Crippen LogP contribution in [0.5, 0.6) is 0 Å². The minimum absolute atomic E-state index is 0.216. The fraction of sp³-hybridized carbons (Fsp3) is 0.286. The van der Waals surface area contributed by atoms with E-state index in [1.54, 1.807) is 0 Å². The standard InChI is InChI=1S/C7H10N4O5S/c8-17(15,16)2-1-9-6(13)4-3-5(12)11-7(14)10-4/h3H,1-2H2,(H,9,13)(H2,8,15,16)(H2,10,11,12,14). The summed E-state index contributed by atoms with van der Waals surface area (Å²) in [5, 5.41) is 6.91. The molecule has 1 aromatic rings. The number of hydrogen-bond donors (Lipinski definition) is 4. The average Bonchev–Trinajstić information content (AvgIpc) is 2.13. The molecule has 1 amide bonds. The van der Waals surface area contributed by atoms with Crippen molar-refractivity contribution in [2.75, 3.05) is 12.3 Å². The highest BCUT2D eigenvalue weighted by molar-refractivity contribution is 7.89. The van der Waals surface area contributed by atoms with Crippen molar-refractivity contribution in [2.45, 2.75) is 0 Å². The van der Waals surface area contributed by atoms with Gasteiger partial charge in [0.1, 0.15) is 5.69 Å². The molecule has 0 saturated carbocycles. The third-order valence-electron chi connectivity index (χ3n) is 1.68. The molecule has 5 N–H and O–H groups in total. The molecule has 1 rings (SSSR count). The van der Waals surface area contributed by atoms with Gasteiger partial charge < -0.3 is 10.3 Å². The Morgan fingerprint density at radius 2 is 2.00 bits per heavy atom. The lowest BCUT2D eigenvalue weighted by Gasteiger charge is -2.03. The molecule has 1 heterocycles. The van der Waals surface area contributed by atoms with Crippen molar-refractivity contribution >= 4 is 15.9 Å². The molecule has 94 valence electrons. The van der Waals surface area contributed by atoms with Gasteiger partial charge >= 0.3 is 5.69 Å². The smallest absolute Gasteiger partial charge is 0.326 e. The summed E-state index contributed by atoms with van der Waals surface area (Å²) in [4.78, 5) is 37.1. The molecule has 0 radical (unpaired) electrons. The first-order valence-corrected chi connectivity index (χ1v) is 6.12. The summed E-state index contributed by atoms with van der Waals surface area (Å²) in [6.07, 6.45) is 0. The Hall–Kier alpha value is -1.94. The zero-order chi connectivity index (χ0) is 13.1. The number of sulfonamides is 1. The van der Waals surface area contributed by atoms with Crippen LogP contribution < -0.4 is 21.7 Å². The van der Waals surface area contributed by atoms with Crippen molar-refractivity contribution in [1.82, 2.24) is 15.3 Å². The molecule has 0 fully saturated rings. The van der Waals surface area contributed by atoms with Crippen LogP contribution in [0.25, 0.3) is 0 Å². The van der Waals surface area contributed by atoms with Gasteiger partial charge in [-0.1, -0.05) is 0 Å². The molecule has 0 aromatic carbocycles. The maximum atomic E-state index is 11.4. The summed E-state index contributed by atoms with van der Waals surface area (Å²) in [5.41, 5.74) is -1.81. The van der Waals surface area contributed by atoms with Gasteiger partial charge in [0.2, 0.25) is 10.0 Å². The molecule has 0 aliphatic carbocycles. The van der Waals surface area contributed by atoms with Gasteiger partial charge in [-0.2, -0.15) is 0 Å². The van der Waals surface area contributed by atoms with Crippen molar-refractivity contribution in [3.8, 4) is 0 Å². The number of rotatable bonds is 4. The van der Waals surface area contributed by atoms with Crippen LogP contribution in [0.4, 0.5) is 0 Å². The van der Waals surface area contributed by atoms with E-state index in [0.29, 0.717) is 0 Å². The fourth-order valence-electron chi connectivity index (χ4n) is 0.993. The Morgan fingerprint density at radius 1 is 1.35 bits per heavy atom. The Morgan fingerprint density at radius 3 is 2.53 bits per heavy atom. The van der Waals surface area contributed by atoms with Crippen LogP contribution in [0.3, 0.4) is 0 Å². The Bertz CT molecular complexity index is 600. The van der Waals surface area contributed by atoms with E-state index in [2.05, 4.69) is 10.3 Å². The fourth-order valence-corrected chi connectivity index (χ4v) is 1.38. The monoisotopic (exact) mass is 262 g/mol. The normalized spacial score (nSPS) is 11.1. The van der Waals surface area contributed by atoms with Gasteiger partial charge in [-0.15, -0.1) is 0 Å². The first-order chi connectivity index (χ1) is 7.78. The van der Waals surface area contributed by atoms with Crippen molar-refractivity contribution in [3.05, 3.63) is 32.6 Å². The lowest BCUT2D eigenvalue weighted by atomic mass is 10.4. The molecule has 0 aliphatic heterocycles. The molecular weight excluding hydrogens is 252 g/mol. The molecule has 0 aliphatic rings. The first-order valence-electron chi connectivity index (χ1n) is 4.40. The number of amides is 1. The largest absolute Gasteiger partial charge is 0.350 e. The van der Waals surface area contributed by atoms with E-state index in [9.17, 15) is 22.8 Å². The molecule has 1 aromatic heterocycles. The highest BCUT2D eigenvalue weighted by Crippen LogP contribution is 1.85. The number of nitrogens with two attached hydrogens (primary N) is 1. The van der Waals surface area contributed by atoms with Gasteiger partial charge in [-0.3, -0.25) is 14.6 Å². The molecule has 0 spiro atoms. The van der Waals surface area contributed by atoms with Gasteiger partial charge in [-0.25, -0.2) is 18.4 Å². The number of H-pyrrole nitrogens is 2. The van der Waals surface area contributed by atoms with Crippen molar-refractivity contribution in [1.29, 1.82) is 0 Å². The number of hydrogen-bond acceptors (Lipinski definition) is 5. The molecular formula is C7H10N4O5S. The Kier molecular flexibility index (Phi) is 3.81. The van der Waals surface area contributed by atoms with Crippen LogP contribution >= 0.6 is 0 Å². The lowest BCUT2D eigenvalue weighted by Crippen LogP contribution is -2.34. The van der Waals surface area contributed by atoms with E-state index in [-0.39, 0.29) is 12.2 Å². The quantitative estimate of drug-likeness (QED) is 0.457. The third kappa shape index (κ3) is 4.61. The summed E-state index contributed by atoms with van der Waals surface area (Å²) in [7, 11) is -3.67. The van der Waals surface area contributed by atoms with Crippen LogP contribution in [-0.4, -0.2) is 36.6 Å². The molecule has 9 nitrogen and oxygen atoms in total. The van der Waals surface area contributed by atoms with E-state index < -0.39 is 32.9 Å². The van der Waals surface area contributed by atoms with Gasteiger partial charge in [0, 0.05) is 12.6 Å². The maximum absolute atomic E-state index is 11.4. The summed E-state index contributed by atoms with van der Waals surface area (Å²) in [5.74, 6) is -1.21. The molecule has 10 heteroatoms. The number of nitrogens with one attached hydrogen (secondary N) is 3. The summed E-state index contributed by atoms with van der Waals surface area (Å²) in [6, 6.07) is 0.883. The summed E-state index contributed by atoms with van der Waals surface area (Å²) >= 11 is 0. The molecule has 0 atom stereocenters. The van der Waals surface area contributed by atoms with Crippen LogP contribution in [0.15, 0.2) is 15.7 Å². The number of carbonyl (C=O) groups excluding carboxylic acids is 1. The van der Waals surface area contributed by atoms with E-state index >= 15 is 0 Å². The predicted octanol–water partition coefficient (Wildman–Crippen LogP) is -2.92. The molecule has 17 heavy (non-hydrogen) atoms. The van der Waals surface area contributed by atoms with Gasteiger partial charge in [0.05, 0.1) is 5.75 Å². The second-order valence-corrected chi connectivity index (χ2v) is 4.86. The zero-order valence-corrected chi connectivity index (χ0v) is 9.33. The van der Waals surface area contributed by atoms with Gasteiger partial charge in [-0.05, 0) is 0 Å². The SMILES string of the molecule is NS(=O)(=O)CCNC(=O)c1cc(=O)[nH]c(=O)[nH]1. The first kappa shape index (κ1) is 13.1. The van der Waals surface area contributed by atoms with E-state index in [0.717, 1.165) is 6.07 Å². The third-order valence-corrected chi connectivity index (χ3v) is 2.45. The summed E-state index contributed by atoms with van der Waals surface area (Å²) < 4.78 is 21.1. The van der Waals surface area contributed by atoms with Crippen molar-refractivity contribution < 1.29 is 13.2 Å². The summed E-state index contributed by atoms with van der Waals surface area (Å²) in [6.45, 7) is -0.216. The van der Waals surface area contributed by atoms with E-state index in [1.807, 2.05) is 4.98 Å². The molecule has 0 bridgehead atoms. The Labute approximate surface area is 95.1 Å². The zero-order valence-electron chi connectivity index (χ0n) is 8.52. The van der Waals surface area contributed by atoms with Crippen LogP contribution in [0.1, 0.15) is 10.5 Å².